The fourth-order valence-corrected chi connectivity index (χ4v) is 5.33. The van der Waals surface area contributed by atoms with Crippen LogP contribution in [-0.4, -0.2) is 53.1 Å². The van der Waals surface area contributed by atoms with Gasteiger partial charge < -0.3 is 15.1 Å². The molecule has 1 N–H and O–H groups in total. The Morgan fingerprint density at radius 1 is 0.944 bits per heavy atom. The molecule has 2 fully saturated rings. The van der Waals surface area contributed by atoms with Gasteiger partial charge in [-0.1, -0.05) is 41.4 Å². The van der Waals surface area contributed by atoms with Gasteiger partial charge >= 0.3 is 0 Å². The number of nitrogens with zero attached hydrogens (tertiary/aromatic N) is 4. The van der Waals surface area contributed by atoms with Gasteiger partial charge in [-0.3, -0.25) is 9.59 Å². The maximum atomic E-state index is 12.8. The molecule has 7 nitrogen and oxygen atoms in total. The first-order chi connectivity index (χ1) is 17.5. The van der Waals surface area contributed by atoms with Crippen molar-refractivity contribution in [2.75, 3.05) is 36.4 Å². The van der Waals surface area contributed by atoms with Crippen molar-refractivity contribution in [3.8, 4) is 0 Å². The van der Waals surface area contributed by atoms with Crippen molar-refractivity contribution < 1.29 is 9.59 Å². The van der Waals surface area contributed by atoms with Gasteiger partial charge in [-0.25, -0.2) is 0 Å². The lowest BCUT2D eigenvalue weighted by Gasteiger charge is -2.38. The summed E-state index contributed by atoms with van der Waals surface area (Å²) in [4.78, 5) is 29.3. The average Bonchev–Trinajstić information content (AvgIpc) is 2.86. The number of benzene rings is 2. The highest BCUT2D eigenvalue weighted by molar-refractivity contribution is 6.36. The van der Waals surface area contributed by atoms with E-state index in [9.17, 15) is 9.59 Å². The highest BCUT2D eigenvalue weighted by Crippen LogP contribution is 2.31. The zero-order valence-corrected chi connectivity index (χ0v) is 21.3. The Morgan fingerprint density at radius 3 is 2.28 bits per heavy atom. The zero-order chi connectivity index (χ0) is 25.1. The van der Waals surface area contributed by atoms with Gasteiger partial charge in [0.15, 0.2) is 5.82 Å². The summed E-state index contributed by atoms with van der Waals surface area (Å²) in [5, 5.41) is 12.0. The number of nitrogens with one attached hydrogen (secondary N) is 1. The molecule has 2 aromatic carbocycles. The largest absolute Gasteiger partial charge is 0.353 e. The van der Waals surface area contributed by atoms with E-state index in [1.54, 1.807) is 24.4 Å². The molecule has 0 saturated carbocycles. The number of amides is 2. The van der Waals surface area contributed by atoms with Gasteiger partial charge in [0.1, 0.15) is 0 Å². The smallest absolute Gasteiger partial charge is 0.231 e. The lowest BCUT2D eigenvalue weighted by atomic mass is 9.89. The Balaban J connectivity index is 1.09. The highest BCUT2D eigenvalue weighted by Gasteiger charge is 2.33. The molecule has 2 saturated heterocycles. The quantitative estimate of drug-likeness (QED) is 0.501. The van der Waals surface area contributed by atoms with Crippen molar-refractivity contribution in [1.29, 1.82) is 0 Å². The van der Waals surface area contributed by atoms with E-state index in [2.05, 4.69) is 27.6 Å². The van der Waals surface area contributed by atoms with Crippen LogP contribution in [0.4, 0.5) is 11.5 Å². The van der Waals surface area contributed by atoms with Crippen LogP contribution < -0.4 is 10.2 Å². The fourth-order valence-electron chi connectivity index (χ4n) is 4.80. The summed E-state index contributed by atoms with van der Waals surface area (Å²) in [5.41, 5.74) is 2.71. The Morgan fingerprint density at radius 2 is 1.64 bits per heavy atom. The first-order valence-electron chi connectivity index (χ1n) is 12.1. The van der Waals surface area contributed by atoms with E-state index in [1.807, 2.05) is 34.1 Å². The molecule has 3 aromatic rings. The third-order valence-corrected chi connectivity index (χ3v) is 7.73. The van der Waals surface area contributed by atoms with Gasteiger partial charge in [0, 0.05) is 48.1 Å². The third-order valence-electron chi connectivity index (χ3n) is 7.02. The summed E-state index contributed by atoms with van der Waals surface area (Å²) in [7, 11) is 0. The molecule has 1 aromatic heterocycles. The second-order valence-corrected chi connectivity index (χ2v) is 10.1. The molecule has 5 rings (SSSR count). The summed E-state index contributed by atoms with van der Waals surface area (Å²) in [6.45, 7) is 2.69. The first kappa shape index (κ1) is 24.5. The molecule has 186 valence electrons. The number of rotatable bonds is 6. The molecule has 2 aliphatic heterocycles. The summed E-state index contributed by atoms with van der Waals surface area (Å²) in [5.74, 6) is 1.19. The minimum Gasteiger partial charge on any atom is -0.353 e. The van der Waals surface area contributed by atoms with Crippen molar-refractivity contribution in [2.45, 2.75) is 25.2 Å². The molecule has 3 heterocycles. The molecular formula is C27H27Cl2N5O2. The number of likely N-dealkylation sites (tertiary alicyclic amines) is 1. The SMILES string of the molecule is O=C(Nc1ccc(C2CCN(C(=O)Cc3c(Cl)cccc3Cl)CC2)cc1)C1CN(c2cccnn2)C1. The zero-order valence-electron chi connectivity index (χ0n) is 19.7. The summed E-state index contributed by atoms with van der Waals surface area (Å²) in [6.07, 6.45) is 3.65. The van der Waals surface area contributed by atoms with Crippen LogP contribution in [0, 0.1) is 5.92 Å². The number of carbonyl (C=O) groups is 2. The molecule has 0 atom stereocenters. The summed E-state index contributed by atoms with van der Waals surface area (Å²) in [6, 6.07) is 17.1. The van der Waals surface area contributed by atoms with Crippen molar-refractivity contribution in [3.05, 3.63) is 82.0 Å². The molecule has 0 bridgehead atoms. The van der Waals surface area contributed by atoms with Gasteiger partial charge in [-0.05, 0) is 66.3 Å². The average molecular weight is 524 g/mol. The van der Waals surface area contributed by atoms with Gasteiger partial charge in [0.25, 0.3) is 0 Å². The molecule has 0 unspecified atom stereocenters. The fraction of sp³-hybridized carbons (Fsp3) is 0.333. The lowest BCUT2D eigenvalue weighted by Crippen LogP contribution is -2.52. The van der Waals surface area contributed by atoms with Crippen LogP contribution in [0.15, 0.2) is 60.8 Å². The molecular weight excluding hydrogens is 497 g/mol. The molecule has 0 aliphatic carbocycles. The number of anilines is 2. The van der Waals surface area contributed by atoms with E-state index in [4.69, 9.17) is 23.2 Å². The van der Waals surface area contributed by atoms with Crippen molar-refractivity contribution in [2.24, 2.45) is 5.92 Å². The topological polar surface area (TPSA) is 78.4 Å². The first-order valence-corrected chi connectivity index (χ1v) is 12.9. The number of carbonyl (C=O) groups excluding carboxylic acids is 2. The van der Waals surface area contributed by atoms with Crippen LogP contribution in [0.5, 0.6) is 0 Å². The molecule has 2 amide bonds. The van der Waals surface area contributed by atoms with E-state index >= 15 is 0 Å². The van der Waals surface area contributed by atoms with Crippen LogP contribution in [0.3, 0.4) is 0 Å². The standard InChI is InChI=1S/C27H27Cl2N5O2/c28-23-3-1-4-24(29)22(23)15-26(35)33-13-10-19(11-14-33)18-6-8-21(9-7-18)31-27(36)20-16-34(17-20)25-5-2-12-30-32-25/h1-9,12,19-20H,10-11,13-17H2,(H,31,36). The van der Waals surface area contributed by atoms with E-state index in [0.717, 1.165) is 24.3 Å². The van der Waals surface area contributed by atoms with Crippen LogP contribution in [-0.2, 0) is 16.0 Å². The van der Waals surface area contributed by atoms with E-state index in [1.165, 1.54) is 5.56 Å². The van der Waals surface area contributed by atoms with Gasteiger partial charge in [-0.2, -0.15) is 5.10 Å². The highest BCUT2D eigenvalue weighted by atomic mass is 35.5. The maximum absolute atomic E-state index is 12.8. The molecule has 36 heavy (non-hydrogen) atoms. The van der Waals surface area contributed by atoms with Crippen LogP contribution in [0.25, 0.3) is 0 Å². The predicted molar refractivity (Wildman–Crippen MR) is 142 cm³/mol. The van der Waals surface area contributed by atoms with Gasteiger partial charge in [0.05, 0.1) is 12.3 Å². The van der Waals surface area contributed by atoms with E-state index < -0.39 is 0 Å². The number of halogens is 2. The second-order valence-electron chi connectivity index (χ2n) is 9.33. The maximum Gasteiger partial charge on any atom is 0.231 e. The Labute approximate surface area is 220 Å². The Hall–Kier alpha value is -3.16. The van der Waals surface area contributed by atoms with Crippen molar-refractivity contribution in [3.63, 3.8) is 0 Å². The third kappa shape index (κ3) is 5.47. The van der Waals surface area contributed by atoms with E-state index in [0.29, 0.717) is 47.7 Å². The minimum atomic E-state index is -0.0609. The number of piperidine rings is 1. The molecule has 0 spiro atoms. The number of hydrogen-bond donors (Lipinski definition) is 1. The minimum absolute atomic E-state index is 0.0216. The normalized spacial score (nSPS) is 16.5. The van der Waals surface area contributed by atoms with E-state index in [-0.39, 0.29) is 24.2 Å². The van der Waals surface area contributed by atoms with Crippen LogP contribution >= 0.6 is 23.2 Å². The Kier molecular flexibility index (Phi) is 7.39. The number of aromatic nitrogens is 2. The number of hydrogen-bond acceptors (Lipinski definition) is 5. The lowest BCUT2D eigenvalue weighted by molar-refractivity contribution is -0.131. The molecule has 2 aliphatic rings. The van der Waals surface area contributed by atoms with Crippen molar-refractivity contribution >= 4 is 46.5 Å². The van der Waals surface area contributed by atoms with Gasteiger partial charge in [0.2, 0.25) is 11.8 Å². The van der Waals surface area contributed by atoms with Crippen molar-refractivity contribution in [1.82, 2.24) is 15.1 Å². The summed E-state index contributed by atoms with van der Waals surface area (Å²) < 4.78 is 0. The monoisotopic (exact) mass is 523 g/mol. The van der Waals surface area contributed by atoms with Crippen LogP contribution in [0.1, 0.15) is 29.9 Å². The van der Waals surface area contributed by atoms with Gasteiger partial charge in [-0.15, -0.1) is 5.10 Å². The predicted octanol–water partition coefficient (Wildman–Crippen LogP) is 4.81. The summed E-state index contributed by atoms with van der Waals surface area (Å²) >= 11 is 12.5. The Bertz CT molecular complexity index is 1200. The molecule has 0 radical (unpaired) electrons. The van der Waals surface area contributed by atoms with Crippen LogP contribution in [0.2, 0.25) is 10.0 Å². The second kappa shape index (κ2) is 10.8. The molecule has 9 heteroatoms.